The Labute approximate surface area is 112 Å². The molecule has 5 heteroatoms. The Bertz CT molecular complexity index is 450. The largest absolute Gasteiger partial charge is 0.481 e. The van der Waals surface area contributed by atoms with Gasteiger partial charge in [-0.15, -0.1) is 0 Å². The summed E-state index contributed by atoms with van der Waals surface area (Å²) in [5.41, 5.74) is 1.35. The summed E-state index contributed by atoms with van der Waals surface area (Å²) in [4.78, 5) is 15.1. The summed E-state index contributed by atoms with van der Waals surface area (Å²) < 4.78 is 2.27. The molecule has 0 aromatic carbocycles. The number of aromatic nitrogens is 2. The van der Waals surface area contributed by atoms with Crippen molar-refractivity contribution >= 4 is 17.7 Å². The molecular formula is C13H20N2O2S. The minimum absolute atomic E-state index is 0.0740. The van der Waals surface area contributed by atoms with E-state index >= 15 is 0 Å². The highest BCUT2D eigenvalue weighted by Gasteiger charge is 2.37. The SMILES string of the molecule is CC(C)c1cnc(SCC(=O)O)n1C1(C)CCC1. The maximum atomic E-state index is 10.7. The van der Waals surface area contributed by atoms with Gasteiger partial charge in [0.05, 0.1) is 5.75 Å². The minimum atomic E-state index is -0.792. The summed E-state index contributed by atoms with van der Waals surface area (Å²) >= 11 is 1.32. The zero-order chi connectivity index (χ0) is 13.3. The first-order valence-electron chi connectivity index (χ1n) is 6.37. The van der Waals surface area contributed by atoms with Gasteiger partial charge in [-0.25, -0.2) is 4.98 Å². The maximum absolute atomic E-state index is 10.7. The van der Waals surface area contributed by atoms with E-state index in [2.05, 4.69) is 30.3 Å². The maximum Gasteiger partial charge on any atom is 0.313 e. The molecule has 1 fully saturated rings. The number of hydrogen-bond donors (Lipinski definition) is 1. The van der Waals surface area contributed by atoms with E-state index in [1.54, 1.807) is 0 Å². The van der Waals surface area contributed by atoms with Crippen molar-refractivity contribution in [1.29, 1.82) is 0 Å². The first-order valence-corrected chi connectivity index (χ1v) is 7.35. The third kappa shape index (κ3) is 2.41. The first kappa shape index (κ1) is 13.5. The second kappa shape index (κ2) is 4.96. The van der Waals surface area contributed by atoms with E-state index in [1.165, 1.54) is 23.9 Å². The van der Waals surface area contributed by atoms with Crippen LogP contribution in [0.4, 0.5) is 0 Å². The second-order valence-electron chi connectivity index (χ2n) is 5.49. The van der Waals surface area contributed by atoms with Crippen LogP contribution in [0.5, 0.6) is 0 Å². The Morgan fingerprint density at radius 3 is 2.72 bits per heavy atom. The highest BCUT2D eigenvalue weighted by Crippen LogP contribution is 2.43. The molecule has 1 aromatic rings. The van der Waals surface area contributed by atoms with Crippen molar-refractivity contribution < 1.29 is 9.90 Å². The van der Waals surface area contributed by atoms with Gasteiger partial charge in [-0.1, -0.05) is 25.6 Å². The summed E-state index contributed by atoms with van der Waals surface area (Å²) in [5.74, 6) is -0.307. The molecule has 18 heavy (non-hydrogen) atoms. The van der Waals surface area contributed by atoms with Crippen molar-refractivity contribution in [3.05, 3.63) is 11.9 Å². The van der Waals surface area contributed by atoms with E-state index in [4.69, 9.17) is 5.11 Å². The lowest BCUT2D eigenvalue weighted by atomic mass is 9.78. The molecule has 0 amide bonds. The fraction of sp³-hybridized carbons (Fsp3) is 0.692. The summed E-state index contributed by atoms with van der Waals surface area (Å²) in [6, 6.07) is 0. The van der Waals surface area contributed by atoms with Gasteiger partial charge >= 0.3 is 5.97 Å². The molecule has 0 atom stereocenters. The number of rotatable bonds is 5. The van der Waals surface area contributed by atoms with Gasteiger partial charge in [0.15, 0.2) is 5.16 Å². The van der Waals surface area contributed by atoms with Crippen LogP contribution in [0.15, 0.2) is 11.4 Å². The lowest BCUT2D eigenvalue weighted by molar-refractivity contribution is -0.133. The number of carbonyl (C=O) groups is 1. The Kier molecular flexibility index (Phi) is 3.71. The van der Waals surface area contributed by atoms with Crippen LogP contribution in [-0.2, 0) is 10.3 Å². The van der Waals surface area contributed by atoms with Crippen LogP contribution in [0.25, 0.3) is 0 Å². The van der Waals surface area contributed by atoms with Crippen molar-refractivity contribution in [3.63, 3.8) is 0 Å². The van der Waals surface area contributed by atoms with Gasteiger partial charge in [0.2, 0.25) is 0 Å². The van der Waals surface area contributed by atoms with Crippen molar-refractivity contribution in [2.24, 2.45) is 0 Å². The monoisotopic (exact) mass is 268 g/mol. The number of hydrogen-bond acceptors (Lipinski definition) is 3. The molecule has 1 heterocycles. The standard InChI is InChI=1S/C13H20N2O2S/c1-9(2)10-7-14-12(18-8-11(16)17)15(10)13(3)5-4-6-13/h7,9H,4-6,8H2,1-3H3,(H,16,17). The van der Waals surface area contributed by atoms with Crippen molar-refractivity contribution in [1.82, 2.24) is 9.55 Å². The van der Waals surface area contributed by atoms with Crippen LogP contribution in [0.1, 0.15) is 51.6 Å². The van der Waals surface area contributed by atoms with Gasteiger partial charge in [0.25, 0.3) is 0 Å². The molecule has 0 spiro atoms. The van der Waals surface area contributed by atoms with E-state index in [0.717, 1.165) is 18.0 Å². The number of aliphatic carboxylic acids is 1. The number of carboxylic acid groups (broad SMARTS) is 1. The molecule has 0 bridgehead atoms. The van der Waals surface area contributed by atoms with E-state index in [-0.39, 0.29) is 11.3 Å². The predicted molar refractivity (Wildman–Crippen MR) is 72.2 cm³/mol. The van der Waals surface area contributed by atoms with Crippen molar-refractivity contribution in [3.8, 4) is 0 Å². The molecule has 1 aliphatic rings. The average Bonchev–Trinajstić information content (AvgIpc) is 2.67. The molecule has 100 valence electrons. The van der Waals surface area contributed by atoms with E-state index < -0.39 is 5.97 Å². The summed E-state index contributed by atoms with van der Waals surface area (Å²) in [7, 11) is 0. The molecule has 0 unspecified atom stereocenters. The molecule has 4 nitrogen and oxygen atoms in total. The number of carboxylic acids is 1. The van der Waals surface area contributed by atoms with Crippen LogP contribution < -0.4 is 0 Å². The summed E-state index contributed by atoms with van der Waals surface area (Å²) in [6.07, 6.45) is 5.46. The fourth-order valence-corrected chi connectivity index (χ4v) is 3.27. The molecule has 0 saturated heterocycles. The highest BCUT2D eigenvalue weighted by atomic mass is 32.2. The highest BCUT2D eigenvalue weighted by molar-refractivity contribution is 7.99. The Balaban J connectivity index is 2.32. The lowest BCUT2D eigenvalue weighted by Gasteiger charge is -2.42. The first-order chi connectivity index (χ1) is 8.44. The average molecular weight is 268 g/mol. The van der Waals surface area contributed by atoms with Crippen LogP contribution in [0, 0.1) is 0 Å². The minimum Gasteiger partial charge on any atom is -0.481 e. The second-order valence-corrected chi connectivity index (χ2v) is 6.43. The van der Waals surface area contributed by atoms with Gasteiger partial charge in [-0.3, -0.25) is 4.79 Å². The third-order valence-electron chi connectivity index (χ3n) is 3.64. The summed E-state index contributed by atoms with van der Waals surface area (Å²) in [6.45, 7) is 6.55. The molecule has 1 aliphatic carbocycles. The fourth-order valence-electron chi connectivity index (χ4n) is 2.44. The van der Waals surface area contributed by atoms with Crippen LogP contribution >= 0.6 is 11.8 Å². The molecule has 1 aromatic heterocycles. The quantitative estimate of drug-likeness (QED) is 0.834. The third-order valence-corrected chi connectivity index (χ3v) is 4.58. The van der Waals surface area contributed by atoms with Crippen LogP contribution in [0.3, 0.4) is 0 Å². The Hall–Kier alpha value is -0.970. The van der Waals surface area contributed by atoms with Crippen LogP contribution in [0.2, 0.25) is 0 Å². The molecule has 0 radical (unpaired) electrons. The van der Waals surface area contributed by atoms with Gasteiger partial charge in [0.1, 0.15) is 0 Å². The zero-order valence-electron chi connectivity index (χ0n) is 11.1. The molecule has 1 saturated carbocycles. The molecular weight excluding hydrogens is 248 g/mol. The number of imidazole rings is 1. The lowest BCUT2D eigenvalue weighted by Crippen LogP contribution is -2.39. The van der Waals surface area contributed by atoms with E-state index in [9.17, 15) is 4.79 Å². The van der Waals surface area contributed by atoms with Crippen molar-refractivity contribution in [2.75, 3.05) is 5.75 Å². The van der Waals surface area contributed by atoms with Gasteiger partial charge < -0.3 is 9.67 Å². The summed E-state index contributed by atoms with van der Waals surface area (Å²) in [5, 5.41) is 9.65. The smallest absolute Gasteiger partial charge is 0.313 e. The molecule has 1 N–H and O–H groups in total. The van der Waals surface area contributed by atoms with Gasteiger partial charge in [-0.2, -0.15) is 0 Å². The topological polar surface area (TPSA) is 55.1 Å². The van der Waals surface area contributed by atoms with E-state index in [0.29, 0.717) is 5.92 Å². The molecule has 0 aliphatic heterocycles. The number of nitrogens with zero attached hydrogens (tertiary/aromatic N) is 2. The normalized spacial score (nSPS) is 17.8. The van der Waals surface area contributed by atoms with Crippen LogP contribution in [-0.4, -0.2) is 26.4 Å². The Morgan fingerprint density at radius 1 is 1.61 bits per heavy atom. The molecule has 2 rings (SSSR count). The Morgan fingerprint density at radius 2 is 2.28 bits per heavy atom. The predicted octanol–water partition coefficient (Wildman–Crippen LogP) is 3.08. The van der Waals surface area contributed by atoms with Crippen molar-refractivity contribution in [2.45, 2.75) is 56.6 Å². The van der Waals surface area contributed by atoms with Gasteiger partial charge in [0, 0.05) is 17.4 Å². The number of thioether (sulfide) groups is 1. The van der Waals surface area contributed by atoms with E-state index in [1.807, 2.05) is 6.20 Å². The zero-order valence-corrected chi connectivity index (χ0v) is 12.0. The van der Waals surface area contributed by atoms with Gasteiger partial charge in [-0.05, 0) is 32.1 Å².